The largest absolute Gasteiger partial charge is 0.377 e. The number of benzene rings is 1. The van der Waals surface area contributed by atoms with Crippen LogP contribution >= 0.6 is 0 Å². The van der Waals surface area contributed by atoms with Gasteiger partial charge in [0.05, 0.1) is 13.0 Å². The second-order valence-electron chi connectivity index (χ2n) is 4.56. The average Bonchev–Trinajstić information content (AvgIpc) is 2.58. The Morgan fingerprint density at radius 3 is 2.47 bits per heavy atom. The van der Waals surface area contributed by atoms with E-state index in [2.05, 4.69) is 0 Å². The van der Waals surface area contributed by atoms with Crippen LogP contribution in [-0.4, -0.2) is 32.3 Å². The van der Waals surface area contributed by atoms with E-state index >= 15 is 0 Å². The first-order chi connectivity index (χ1) is 7.99. The number of Topliss-reactive ketones (excluding diaryl/α,β-unsaturated/α-hetero) is 1. The van der Waals surface area contributed by atoms with Crippen molar-refractivity contribution in [2.75, 3.05) is 30.4 Å². The smallest absolute Gasteiger partial charge is 0.234 e. The minimum atomic E-state index is -0.108. The molecule has 0 radical (unpaired) electrons. The van der Waals surface area contributed by atoms with Crippen LogP contribution in [-0.2, 0) is 9.59 Å². The summed E-state index contributed by atoms with van der Waals surface area (Å²) in [4.78, 5) is 26.4. The van der Waals surface area contributed by atoms with E-state index in [4.69, 9.17) is 0 Å². The predicted molar refractivity (Wildman–Crippen MR) is 67.5 cm³/mol. The standard InChI is InChI=1S/C13H16N2O2/c1-9-4-5-10(6-12(9)14(2)3)15-8-11(16)7-13(15)17/h4-6H,7-8H2,1-3H3. The van der Waals surface area contributed by atoms with E-state index in [1.807, 2.05) is 44.1 Å². The number of hydrogen-bond donors (Lipinski definition) is 0. The van der Waals surface area contributed by atoms with Gasteiger partial charge in [0.15, 0.2) is 5.78 Å². The van der Waals surface area contributed by atoms with Crippen molar-refractivity contribution in [3.63, 3.8) is 0 Å². The Morgan fingerprint density at radius 1 is 1.24 bits per heavy atom. The van der Waals surface area contributed by atoms with Crippen molar-refractivity contribution in [1.29, 1.82) is 0 Å². The molecule has 1 aliphatic rings. The van der Waals surface area contributed by atoms with Crippen molar-refractivity contribution in [2.45, 2.75) is 13.3 Å². The first-order valence-corrected chi connectivity index (χ1v) is 5.59. The van der Waals surface area contributed by atoms with Crippen LogP contribution in [0.4, 0.5) is 11.4 Å². The monoisotopic (exact) mass is 232 g/mol. The third-order valence-electron chi connectivity index (χ3n) is 2.97. The molecule has 0 spiro atoms. The Kier molecular flexibility index (Phi) is 2.88. The summed E-state index contributed by atoms with van der Waals surface area (Å²) in [5.74, 6) is -0.120. The number of aryl methyl sites for hydroxylation is 1. The van der Waals surface area contributed by atoms with Crippen LogP contribution in [0.5, 0.6) is 0 Å². The molecule has 0 unspecified atom stereocenters. The molecule has 0 aromatic heterocycles. The van der Waals surface area contributed by atoms with Crippen molar-refractivity contribution in [3.8, 4) is 0 Å². The van der Waals surface area contributed by atoms with Crippen LogP contribution in [0.1, 0.15) is 12.0 Å². The zero-order valence-electron chi connectivity index (χ0n) is 10.4. The predicted octanol–water partition coefficient (Wildman–Crippen LogP) is 1.37. The summed E-state index contributed by atoms with van der Waals surface area (Å²) in [6.07, 6.45) is 0.0329. The molecule has 0 saturated carbocycles. The molecular formula is C13H16N2O2. The van der Waals surface area contributed by atoms with Crippen molar-refractivity contribution >= 4 is 23.1 Å². The van der Waals surface area contributed by atoms with Gasteiger partial charge in [-0.15, -0.1) is 0 Å². The molecule has 0 bridgehead atoms. The van der Waals surface area contributed by atoms with Crippen molar-refractivity contribution < 1.29 is 9.59 Å². The molecule has 0 aliphatic carbocycles. The van der Waals surface area contributed by atoms with Gasteiger partial charge in [-0.3, -0.25) is 9.59 Å². The topological polar surface area (TPSA) is 40.6 Å². The van der Waals surface area contributed by atoms with Crippen LogP contribution < -0.4 is 9.80 Å². The van der Waals surface area contributed by atoms with Crippen molar-refractivity contribution in [2.24, 2.45) is 0 Å². The molecule has 1 aromatic rings. The second-order valence-corrected chi connectivity index (χ2v) is 4.56. The molecular weight excluding hydrogens is 216 g/mol. The van der Waals surface area contributed by atoms with Gasteiger partial charge in [0, 0.05) is 25.5 Å². The van der Waals surface area contributed by atoms with Gasteiger partial charge in [0.25, 0.3) is 0 Å². The molecule has 4 heteroatoms. The lowest BCUT2D eigenvalue weighted by Crippen LogP contribution is -2.25. The molecule has 2 rings (SSSR count). The molecule has 90 valence electrons. The highest BCUT2D eigenvalue weighted by atomic mass is 16.2. The molecule has 0 N–H and O–H groups in total. The highest BCUT2D eigenvalue weighted by Crippen LogP contribution is 2.27. The Balaban J connectivity index is 2.37. The fourth-order valence-corrected chi connectivity index (χ4v) is 2.07. The molecule has 17 heavy (non-hydrogen) atoms. The fraction of sp³-hybridized carbons (Fsp3) is 0.385. The maximum Gasteiger partial charge on any atom is 0.234 e. The first kappa shape index (κ1) is 11.6. The third kappa shape index (κ3) is 2.16. The molecule has 0 atom stereocenters. The Labute approximate surface area is 101 Å². The average molecular weight is 232 g/mol. The van der Waals surface area contributed by atoms with Crippen LogP contribution in [0.2, 0.25) is 0 Å². The second kappa shape index (κ2) is 4.20. The zero-order chi connectivity index (χ0) is 12.6. The third-order valence-corrected chi connectivity index (χ3v) is 2.97. The van der Waals surface area contributed by atoms with Gasteiger partial charge in [-0.05, 0) is 24.6 Å². The van der Waals surface area contributed by atoms with E-state index in [0.717, 1.165) is 16.9 Å². The van der Waals surface area contributed by atoms with Crippen molar-refractivity contribution in [3.05, 3.63) is 23.8 Å². The number of ketones is 1. The minimum absolute atomic E-state index is 0.0121. The van der Waals surface area contributed by atoms with Gasteiger partial charge >= 0.3 is 0 Å². The summed E-state index contributed by atoms with van der Waals surface area (Å²) in [6, 6.07) is 5.81. The quantitative estimate of drug-likeness (QED) is 0.723. The highest BCUT2D eigenvalue weighted by molar-refractivity contribution is 6.15. The molecule has 1 amide bonds. The molecule has 1 aliphatic heterocycles. The lowest BCUT2D eigenvalue weighted by atomic mass is 10.1. The van der Waals surface area contributed by atoms with Crippen LogP contribution in [0.25, 0.3) is 0 Å². The molecule has 1 heterocycles. The van der Waals surface area contributed by atoms with E-state index < -0.39 is 0 Å². The lowest BCUT2D eigenvalue weighted by Gasteiger charge is -2.20. The molecule has 4 nitrogen and oxygen atoms in total. The number of carbonyl (C=O) groups excluding carboxylic acids is 2. The summed E-state index contributed by atoms with van der Waals surface area (Å²) < 4.78 is 0. The summed E-state index contributed by atoms with van der Waals surface area (Å²) in [5, 5.41) is 0. The molecule has 1 saturated heterocycles. The Morgan fingerprint density at radius 2 is 1.94 bits per heavy atom. The van der Waals surface area contributed by atoms with Gasteiger partial charge in [0.1, 0.15) is 0 Å². The Bertz CT molecular complexity index is 480. The van der Waals surface area contributed by atoms with Gasteiger partial charge in [0.2, 0.25) is 5.91 Å². The van der Waals surface area contributed by atoms with Gasteiger partial charge in [-0.25, -0.2) is 0 Å². The van der Waals surface area contributed by atoms with Crippen molar-refractivity contribution in [1.82, 2.24) is 0 Å². The maximum absolute atomic E-state index is 11.6. The number of rotatable bonds is 2. The summed E-state index contributed by atoms with van der Waals surface area (Å²) in [7, 11) is 3.92. The number of anilines is 2. The van der Waals surface area contributed by atoms with Crippen LogP contribution in [0.3, 0.4) is 0 Å². The van der Waals surface area contributed by atoms with Crippen LogP contribution in [0, 0.1) is 6.92 Å². The number of amides is 1. The van der Waals surface area contributed by atoms with E-state index in [1.165, 1.54) is 0 Å². The molecule has 1 fully saturated rings. The van der Waals surface area contributed by atoms with Gasteiger partial charge < -0.3 is 9.80 Å². The lowest BCUT2D eigenvalue weighted by molar-refractivity contribution is -0.121. The van der Waals surface area contributed by atoms with E-state index in [0.29, 0.717) is 0 Å². The van der Waals surface area contributed by atoms with E-state index in [1.54, 1.807) is 4.90 Å². The van der Waals surface area contributed by atoms with E-state index in [9.17, 15) is 9.59 Å². The highest BCUT2D eigenvalue weighted by Gasteiger charge is 2.28. The summed E-state index contributed by atoms with van der Waals surface area (Å²) >= 11 is 0. The minimum Gasteiger partial charge on any atom is -0.377 e. The summed E-state index contributed by atoms with van der Waals surface area (Å²) in [5.41, 5.74) is 3.02. The van der Waals surface area contributed by atoms with Gasteiger partial charge in [-0.2, -0.15) is 0 Å². The van der Waals surface area contributed by atoms with Gasteiger partial charge in [-0.1, -0.05) is 6.07 Å². The zero-order valence-corrected chi connectivity index (χ0v) is 10.4. The number of carbonyl (C=O) groups is 2. The number of nitrogens with zero attached hydrogens (tertiary/aromatic N) is 2. The van der Waals surface area contributed by atoms with Crippen LogP contribution in [0.15, 0.2) is 18.2 Å². The molecule has 1 aromatic carbocycles. The first-order valence-electron chi connectivity index (χ1n) is 5.59. The number of hydrogen-bond acceptors (Lipinski definition) is 3. The normalized spacial score (nSPS) is 15.6. The fourth-order valence-electron chi connectivity index (χ4n) is 2.07. The maximum atomic E-state index is 11.6. The summed E-state index contributed by atoms with van der Waals surface area (Å²) in [6.45, 7) is 2.23. The Hall–Kier alpha value is -1.84. The van der Waals surface area contributed by atoms with E-state index in [-0.39, 0.29) is 24.7 Å². The SMILES string of the molecule is Cc1ccc(N2CC(=O)CC2=O)cc1N(C)C.